The summed E-state index contributed by atoms with van der Waals surface area (Å²) in [6.07, 6.45) is 1.51. The monoisotopic (exact) mass is 408 g/mol. The van der Waals surface area contributed by atoms with E-state index in [1.807, 2.05) is 0 Å². The Balaban J connectivity index is 1.80. The number of halogens is 1. The highest BCUT2D eigenvalue weighted by Gasteiger charge is 2.34. The molecule has 0 aromatic heterocycles. The lowest BCUT2D eigenvalue weighted by atomic mass is 10.00. The lowest BCUT2D eigenvalue weighted by molar-refractivity contribution is 0.102. The zero-order valence-corrected chi connectivity index (χ0v) is 16.1. The zero-order valence-electron chi connectivity index (χ0n) is 15.3. The Morgan fingerprint density at radius 3 is 2.59 bits per heavy atom. The molecule has 1 aliphatic heterocycles. The lowest BCUT2D eigenvalue weighted by Crippen LogP contribution is -2.34. The highest BCUT2D eigenvalue weighted by molar-refractivity contribution is 7.93. The van der Waals surface area contributed by atoms with E-state index < -0.39 is 21.7 Å². The number of amides is 1. The molecule has 5 nitrogen and oxygen atoms in total. The molecule has 7 heteroatoms. The Hall–Kier alpha value is -3.45. The highest BCUT2D eigenvalue weighted by Crippen LogP contribution is 2.43. The van der Waals surface area contributed by atoms with E-state index in [9.17, 15) is 17.6 Å². The van der Waals surface area contributed by atoms with Gasteiger partial charge in [-0.3, -0.25) is 9.10 Å². The first kappa shape index (κ1) is 18.9. The molecule has 0 spiro atoms. The Labute approximate surface area is 168 Å². The predicted molar refractivity (Wildman–Crippen MR) is 111 cm³/mol. The molecule has 29 heavy (non-hydrogen) atoms. The van der Waals surface area contributed by atoms with Crippen LogP contribution in [0.5, 0.6) is 0 Å². The topological polar surface area (TPSA) is 66.5 Å². The van der Waals surface area contributed by atoms with Gasteiger partial charge in [0, 0.05) is 22.4 Å². The predicted octanol–water partition coefficient (Wildman–Crippen LogP) is 4.44. The Morgan fingerprint density at radius 2 is 1.83 bits per heavy atom. The van der Waals surface area contributed by atoms with Gasteiger partial charge >= 0.3 is 0 Å². The van der Waals surface area contributed by atoms with Gasteiger partial charge in [-0.2, -0.15) is 0 Å². The standard InChI is InChI=1S/C22H17FN2O3S/c1-2-12-25-20-11-10-15(22(26)24-17-7-5-6-16(23)14-17)13-19(20)18-8-3-4-9-21(18)29(25,27)28/h2-11,13-14H,1,12H2,(H,24,26). The summed E-state index contributed by atoms with van der Waals surface area (Å²) in [5.74, 6) is -0.868. The summed E-state index contributed by atoms with van der Waals surface area (Å²) >= 11 is 0. The molecule has 1 aliphatic rings. The van der Waals surface area contributed by atoms with Crippen LogP contribution in [0.3, 0.4) is 0 Å². The largest absolute Gasteiger partial charge is 0.322 e. The normalized spacial score (nSPS) is 13.9. The van der Waals surface area contributed by atoms with Crippen LogP contribution in [-0.4, -0.2) is 20.9 Å². The van der Waals surface area contributed by atoms with Crippen LogP contribution >= 0.6 is 0 Å². The number of anilines is 2. The smallest absolute Gasteiger partial charge is 0.265 e. The second kappa shape index (κ2) is 7.18. The Morgan fingerprint density at radius 1 is 1.03 bits per heavy atom. The molecule has 0 saturated heterocycles. The summed E-state index contributed by atoms with van der Waals surface area (Å²) in [5, 5.41) is 2.66. The van der Waals surface area contributed by atoms with Crippen LogP contribution in [0, 0.1) is 5.82 Å². The maximum Gasteiger partial charge on any atom is 0.265 e. The van der Waals surface area contributed by atoms with Crippen molar-refractivity contribution in [2.75, 3.05) is 16.2 Å². The number of nitrogens with one attached hydrogen (secondary N) is 1. The van der Waals surface area contributed by atoms with Crippen molar-refractivity contribution in [2.45, 2.75) is 4.90 Å². The van der Waals surface area contributed by atoms with Gasteiger partial charge < -0.3 is 5.32 Å². The third-order valence-electron chi connectivity index (χ3n) is 4.65. The van der Waals surface area contributed by atoms with E-state index in [0.717, 1.165) is 0 Å². The summed E-state index contributed by atoms with van der Waals surface area (Å²) in [6, 6.07) is 17.1. The van der Waals surface area contributed by atoms with Crippen LogP contribution in [0.15, 0.2) is 84.3 Å². The van der Waals surface area contributed by atoms with Gasteiger partial charge in [-0.05, 0) is 42.5 Å². The molecule has 0 unspecified atom stereocenters. The van der Waals surface area contributed by atoms with E-state index in [-0.39, 0.29) is 11.4 Å². The van der Waals surface area contributed by atoms with Crippen LogP contribution < -0.4 is 9.62 Å². The fourth-order valence-corrected chi connectivity index (χ4v) is 5.02. The minimum Gasteiger partial charge on any atom is -0.322 e. The third-order valence-corrected chi connectivity index (χ3v) is 6.49. The van der Waals surface area contributed by atoms with E-state index in [4.69, 9.17) is 0 Å². The van der Waals surface area contributed by atoms with Gasteiger partial charge in [0.15, 0.2) is 0 Å². The minimum absolute atomic E-state index is 0.110. The van der Waals surface area contributed by atoms with Crippen LogP contribution in [-0.2, 0) is 10.0 Å². The van der Waals surface area contributed by atoms with E-state index in [1.165, 1.54) is 28.6 Å². The van der Waals surface area contributed by atoms with Crippen LogP contribution in [0.2, 0.25) is 0 Å². The van der Waals surface area contributed by atoms with E-state index >= 15 is 0 Å². The van der Waals surface area contributed by atoms with Crippen LogP contribution in [0.1, 0.15) is 10.4 Å². The molecule has 0 bridgehead atoms. The maximum absolute atomic E-state index is 13.4. The van der Waals surface area contributed by atoms with Crippen molar-refractivity contribution >= 4 is 27.3 Å². The van der Waals surface area contributed by atoms with Crippen molar-refractivity contribution in [3.63, 3.8) is 0 Å². The van der Waals surface area contributed by atoms with Crippen molar-refractivity contribution in [1.29, 1.82) is 0 Å². The first-order chi connectivity index (χ1) is 13.9. The summed E-state index contributed by atoms with van der Waals surface area (Å²) in [7, 11) is -3.72. The fraction of sp³-hybridized carbons (Fsp3) is 0.0455. The second-order valence-corrected chi connectivity index (χ2v) is 8.35. The van der Waals surface area contributed by atoms with E-state index in [1.54, 1.807) is 48.5 Å². The van der Waals surface area contributed by atoms with E-state index in [0.29, 0.717) is 28.1 Å². The molecule has 0 saturated carbocycles. The maximum atomic E-state index is 13.4. The quantitative estimate of drug-likeness (QED) is 0.649. The second-order valence-electron chi connectivity index (χ2n) is 6.52. The lowest BCUT2D eigenvalue weighted by Gasteiger charge is -2.31. The fourth-order valence-electron chi connectivity index (χ4n) is 3.36. The average molecular weight is 408 g/mol. The van der Waals surface area contributed by atoms with Crippen molar-refractivity contribution in [2.24, 2.45) is 0 Å². The Bertz CT molecular complexity index is 1240. The Kier molecular flexibility index (Phi) is 4.68. The van der Waals surface area contributed by atoms with Crippen LogP contribution in [0.4, 0.5) is 15.8 Å². The van der Waals surface area contributed by atoms with Crippen LogP contribution in [0.25, 0.3) is 11.1 Å². The molecular weight excluding hydrogens is 391 g/mol. The number of hydrogen-bond donors (Lipinski definition) is 1. The number of carbonyl (C=O) groups excluding carboxylic acids is 1. The summed E-state index contributed by atoms with van der Waals surface area (Å²) < 4.78 is 40.7. The molecule has 1 N–H and O–H groups in total. The zero-order chi connectivity index (χ0) is 20.6. The molecule has 3 aromatic rings. The summed E-state index contributed by atoms with van der Waals surface area (Å²) in [4.78, 5) is 12.9. The molecule has 0 radical (unpaired) electrons. The first-order valence-corrected chi connectivity index (χ1v) is 10.3. The number of rotatable bonds is 4. The van der Waals surface area contributed by atoms with Gasteiger partial charge in [0.05, 0.1) is 17.1 Å². The number of benzene rings is 3. The molecule has 0 aliphatic carbocycles. The van der Waals surface area contributed by atoms with Gasteiger partial charge in [-0.1, -0.05) is 30.3 Å². The molecule has 0 fully saturated rings. The first-order valence-electron chi connectivity index (χ1n) is 8.86. The third kappa shape index (κ3) is 3.30. The molecule has 3 aromatic carbocycles. The molecule has 1 heterocycles. The SMILES string of the molecule is C=CCN1c2ccc(C(=O)Nc3cccc(F)c3)cc2-c2ccccc2S1(=O)=O. The molecular formula is C22H17FN2O3S. The molecule has 0 atom stereocenters. The number of carbonyl (C=O) groups is 1. The van der Waals surface area contributed by atoms with Gasteiger partial charge in [0.25, 0.3) is 15.9 Å². The summed E-state index contributed by atoms with van der Waals surface area (Å²) in [5.41, 5.74) is 2.31. The van der Waals surface area contributed by atoms with Gasteiger partial charge in [0.2, 0.25) is 0 Å². The summed E-state index contributed by atoms with van der Waals surface area (Å²) in [6.45, 7) is 3.76. The van der Waals surface area contributed by atoms with Crippen molar-refractivity contribution in [1.82, 2.24) is 0 Å². The van der Waals surface area contributed by atoms with Crippen molar-refractivity contribution in [3.8, 4) is 11.1 Å². The molecule has 4 rings (SSSR count). The minimum atomic E-state index is -3.72. The van der Waals surface area contributed by atoms with Gasteiger partial charge in [-0.25, -0.2) is 12.8 Å². The highest BCUT2D eigenvalue weighted by atomic mass is 32.2. The van der Waals surface area contributed by atoms with Gasteiger partial charge in [-0.15, -0.1) is 6.58 Å². The number of nitrogens with zero attached hydrogens (tertiary/aromatic N) is 1. The van der Waals surface area contributed by atoms with E-state index in [2.05, 4.69) is 11.9 Å². The number of sulfonamides is 1. The molecule has 146 valence electrons. The molecule has 1 amide bonds. The van der Waals surface area contributed by atoms with Crippen molar-refractivity contribution < 1.29 is 17.6 Å². The number of hydrogen-bond acceptors (Lipinski definition) is 3. The van der Waals surface area contributed by atoms with Gasteiger partial charge in [0.1, 0.15) is 5.82 Å². The average Bonchev–Trinajstić information content (AvgIpc) is 2.71. The van der Waals surface area contributed by atoms with Crippen molar-refractivity contribution in [3.05, 3.63) is 90.8 Å². The number of fused-ring (bicyclic) bond motifs is 3.